The Bertz CT molecular complexity index is 582. The summed E-state index contributed by atoms with van der Waals surface area (Å²) < 4.78 is 6.03. The van der Waals surface area contributed by atoms with Gasteiger partial charge in [0.2, 0.25) is 5.91 Å². The van der Waals surface area contributed by atoms with Gasteiger partial charge in [0.15, 0.2) is 0 Å². The average molecular weight is 344 g/mol. The van der Waals surface area contributed by atoms with Crippen LogP contribution in [0.3, 0.4) is 0 Å². The summed E-state index contributed by atoms with van der Waals surface area (Å²) in [6.07, 6.45) is 8.75. The molecule has 2 aliphatic heterocycles. The summed E-state index contributed by atoms with van der Waals surface area (Å²) in [7, 11) is 0. The van der Waals surface area contributed by atoms with E-state index in [1.807, 2.05) is 23.1 Å². The van der Waals surface area contributed by atoms with Crippen LogP contribution in [-0.2, 0) is 16.1 Å². The van der Waals surface area contributed by atoms with Gasteiger partial charge in [-0.2, -0.15) is 0 Å². The summed E-state index contributed by atoms with van der Waals surface area (Å²) in [5.74, 6) is 0.684. The first kappa shape index (κ1) is 16.9. The van der Waals surface area contributed by atoms with Gasteiger partial charge in [-0.05, 0) is 37.8 Å². The molecule has 0 spiro atoms. The van der Waals surface area contributed by atoms with Crippen LogP contribution in [0.4, 0.5) is 0 Å². The number of carbonyl (C=O) groups is 1. The first-order chi connectivity index (χ1) is 12.3. The summed E-state index contributed by atoms with van der Waals surface area (Å²) in [6, 6.07) is 6.25. The maximum absolute atomic E-state index is 13.0. The zero-order valence-electron chi connectivity index (χ0n) is 14.7. The van der Waals surface area contributed by atoms with Crippen molar-refractivity contribution in [2.24, 2.45) is 5.92 Å². The Balaban J connectivity index is 1.32. The third kappa shape index (κ3) is 3.86. The molecule has 4 rings (SSSR count). The molecule has 25 heavy (non-hydrogen) atoms. The summed E-state index contributed by atoms with van der Waals surface area (Å²) in [6.45, 7) is 2.06. The molecule has 0 aromatic carbocycles. The fraction of sp³-hybridized carbons (Fsp3) is 0.684. The molecule has 4 unspecified atom stereocenters. The smallest absolute Gasteiger partial charge is 0.241 e. The molecule has 2 N–H and O–H groups in total. The van der Waals surface area contributed by atoms with Crippen LogP contribution in [0.5, 0.6) is 0 Å². The SMILES string of the molecule is O=C(C1NNC2CCCCC21)N1CCCC(OCc2ccccn2)C1. The Hall–Kier alpha value is -1.50. The Labute approximate surface area is 149 Å². The lowest BCUT2D eigenvalue weighted by atomic mass is 9.81. The molecule has 3 heterocycles. The predicted octanol–water partition coefficient (Wildman–Crippen LogP) is 1.62. The second kappa shape index (κ2) is 7.81. The number of pyridine rings is 1. The molecular formula is C19H28N4O2. The number of hydrazine groups is 1. The van der Waals surface area contributed by atoms with Crippen LogP contribution in [-0.4, -0.2) is 47.1 Å². The number of rotatable bonds is 4. The molecular weight excluding hydrogens is 316 g/mol. The second-order valence-corrected chi connectivity index (χ2v) is 7.50. The van der Waals surface area contributed by atoms with Crippen molar-refractivity contribution in [1.29, 1.82) is 0 Å². The van der Waals surface area contributed by atoms with Crippen LogP contribution in [0.2, 0.25) is 0 Å². The van der Waals surface area contributed by atoms with Gasteiger partial charge in [0.05, 0.1) is 18.4 Å². The number of aromatic nitrogens is 1. The topological polar surface area (TPSA) is 66.5 Å². The standard InChI is InChI=1S/C19H28N4O2/c24-19(18-16-8-1-2-9-17(16)21-22-18)23-11-5-7-15(12-23)25-13-14-6-3-4-10-20-14/h3-4,6,10,15-18,21-22H,1-2,5,7-9,11-13H2. The summed E-state index contributed by atoms with van der Waals surface area (Å²) in [5, 5.41) is 0. The number of likely N-dealkylation sites (tertiary alicyclic amines) is 1. The molecule has 1 aromatic rings. The zero-order valence-corrected chi connectivity index (χ0v) is 14.7. The number of hydrogen-bond acceptors (Lipinski definition) is 5. The fourth-order valence-corrected chi connectivity index (χ4v) is 4.44. The summed E-state index contributed by atoms with van der Waals surface area (Å²) >= 11 is 0. The van der Waals surface area contributed by atoms with Gasteiger partial charge in [-0.1, -0.05) is 18.9 Å². The minimum atomic E-state index is -0.0696. The Morgan fingerprint density at radius 3 is 3.00 bits per heavy atom. The monoisotopic (exact) mass is 344 g/mol. The van der Waals surface area contributed by atoms with E-state index in [-0.39, 0.29) is 18.1 Å². The number of piperidine rings is 1. The highest BCUT2D eigenvalue weighted by Gasteiger charge is 2.43. The number of fused-ring (bicyclic) bond motifs is 1. The van der Waals surface area contributed by atoms with Crippen molar-refractivity contribution in [3.63, 3.8) is 0 Å². The Kier molecular flexibility index (Phi) is 5.29. The molecule has 3 fully saturated rings. The van der Waals surface area contributed by atoms with E-state index in [9.17, 15) is 4.79 Å². The minimum Gasteiger partial charge on any atom is -0.370 e. The number of hydrogen-bond donors (Lipinski definition) is 2. The van der Waals surface area contributed by atoms with Gasteiger partial charge in [0.1, 0.15) is 6.04 Å². The van der Waals surface area contributed by atoms with Gasteiger partial charge in [-0.3, -0.25) is 15.2 Å². The average Bonchev–Trinajstić information content (AvgIpc) is 3.11. The molecule has 2 saturated heterocycles. The molecule has 1 saturated carbocycles. The van der Waals surface area contributed by atoms with Gasteiger partial charge >= 0.3 is 0 Å². The van der Waals surface area contributed by atoms with Crippen molar-refractivity contribution in [2.45, 2.75) is 63.3 Å². The van der Waals surface area contributed by atoms with Crippen molar-refractivity contribution in [3.05, 3.63) is 30.1 Å². The number of nitrogens with zero attached hydrogens (tertiary/aromatic N) is 2. The molecule has 6 nitrogen and oxygen atoms in total. The highest BCUT2D eigenvalue weighted by molar-refractivity contribution is 5.82. The summed E-state index contributed by atoms with van der Waals surface area (Å²) in [4.78, 5) is 19.3. The predicted molar refractivity (Wildman–Crippen MR) is 94.4 cm³/mol. The first-order valence-corrected chi connectivity index (χ1v) is 9.62. The van der Waals surface area contributed by atoms with E-state index in [2.05, 4.69) is 15.8 Å². The molecule has 1 amide bonds. The Morgan fingerprint density at radius 1 is 1.20 bits per heavy atom. The third-order valence-corrected chi connectivity index (χ3v) is 5.82. The van der Waals surface area contributed by atoms with Gasteiger partial charge in [-0.15, -0.1) is 0 Å². The van der Waals surface area contributed by atoms with Crippen LogP contribution in [0.1, 0.15) is 44.2 Å². The van der Waals surface area contributed by atoms with E-state index in [1.54, 1.807) is 6.20 Å². The van der Waals surface area contributed by atoms with E-state index in [0.29, 0.717) is 25.1 Å². The highest BCUT2D eigenvalue weighted by Crippen LogP contribution is 2.31. The number of amides is 1. The number of ether oxygens (including phenoxy) is 1. The zero-order chi connectivity index (χ0) is 17.1. The van der Waals surface area contributed by atoms with E-state index in [4.69, 9.17) is 4.74 Å². The maximum Gasteiger partial charge on any atom is 0.241 e. The van der Waals surface area contributed by atoms with Crippen LogP contribution in [0, 0.1) is 5.92 Å². The molecule has 0 bridgehead atoms. The normalized spacial score (nSPS) is 32.4. The van der Waals surface area contributed by atoms with Crippen LogP contribution >= 0.6 is 0 Å². The quantitative estimate of drug-likeness (QED) is 0.869. The van der Waals surface area contributed by atoms with Gasteiger partial charge in [-0.25, -0.2) is 5.43 Å². The van der Waals surface area contributed by atoms with E-state index in [1.165, 1.54) is 19.3 Å². The van der Waals surface area contributed by atoms with E-state index in [0.717, 1.165) is 31.5 Å². The van der Waals surface area contributed by atoms with E-state index >= 15 is 0 Å². The highest BCUT2D eigenvalue weighted by atomic mass is 16.5. The molecule has 0 radical (unpaired) electrons. The van der Waals surface area contributed by atoms with Crippen LogP contribution < -0.4 is 10.9 Å². The van der Waals surface area contributed by atoms with Crippen molar-refractivity contribution < 1.29 is 9.53 Å². The minimum absolute atomic E-state index is 0.0696. The molecule has 1 aliphatic carbocycles. The summed E-state index contributed by atoms with van der Waals surface area (Å²) in [5.41, 5.74) is 7.57. The maximum atomic E-state index is 13.0. The van der Waals surface area contributed by atoms with Crippen molar-refractivity contribution in [2.75, 3.05) is 13.1 Å². The van der Waals surface area contributed by atoms with Crippen molar-refractivity contribution in [1.82, 2.24) is 20.7 Å². The lowest BCUT2D eigenvalue weighted by molar-refractivity contribution is -0.138. The largest absolute Gasteiger partial charge is 0.370 e. The number of carbonyl (C=O) groups excluding carboxylic acids is 1. The van der Waals surface area contributed by atoms with Gasteiger partial charge in [0, 0.05) is 31.2 Å². The van der Waals surface area contributed by atoms with Crippen LogP contribution in [0.15, 0.2) is 24.4 Å². The fourth-order valence-electron chi connectivity index (χ4n) is 4.44. The molecule has 4 atom stereocenters. The van der Waals surface area contributed by atoms with Crippen molar-refractivity contribution >= 4 is 5.91 Å². The Morgan fingerprint density at radius 2 is 2.12 bits per heavy atom. The lowest BCUT2D eigenvalue weighted by Gasteiger charge is -2.36. The van der Waals surface area contributed by atoms with E-state index < -0.39 is 0 Å². The second-order valence-electron chi connectivity index (χ2n) is 7.50. The first-order valence-electron chi connectivity index (χ1n) is 9.62. The number of nitrogens with one attached hydrogen (secondary N) is 2. The van der Waals surface area contributed by atoms with Gasteiger partial charge < -0.3 is 9.64 Å². The molecule has 136 valence electrons. The molecule has 6 heteroatoms. The third-order valence-electron chi connectivity index (χ3n) is 5.82. The molecule has 3 aliphatic rings. The van der Waals surface area contributed by atoms with Crippen LogP contribution in [0.25, 0.3) is 0 Å². The molecule has 1 aromatic heterocycles. The lowest BCUT2D eigenvalue weighted by Crippen LogP contribution is -2.52. The van der Waals surface area contributed by atoms with Crippen molar-refractivity contribution in [3.8, 4) is 0 Å². The van der Waals surface area contributed by atoms with Gasteiger partial charge in [0.25, 0.3) is 0 Å².